The van der Waals surface area contributed by atoms with Gasteiger partial charge < -0.3 is 38.6 Å². The van der Waals surface area contributed by atoms with Crippen LogP contribution in [0.15, 0.2) is 24.3 Å². The smallest absolute Gasteiger partial charge is 0.415 e. The SMILES string of the molecule is COCOCc1ccc(OC(=O)N(CCOCCO)CCN(C)C(=O)OC(C)(C)C)cc1. The number of hydrogen-bond acceptors (Lipinski definition) is 8. The predicted octanol–water partition coefficient (Wildman–Crippen LogP) is 2.48. The highest BCUT2D eigenvalue weighted by atomic mass is 16.7. The highest BCUT2D eigenvalue weighted by Gasteiger charge is 2.22. The molecule has 0 bridgehead atoms. The van der Waals surface area contributed by atoms with Crippen molar-refractivity contribution in [2.45, 2.75) is 33.0 Å². The minimum absolute atomic E-state index is 0.105. The number of benzene rings is 1. The maximum Gasteiger partial charge on any atom is 0.415 e. The predicted molar refractivity (Wildman–Crippen MR) is 117 cm³/mol. The number of likely N-dealkylation sites (N-methyl/N-ethyl adjacent to an activating group) is 1. The number of ether oxygens (including phenoxy) is 5. The van der Waals surface area contributed by atoms with Gasteiger partial charge in [0, 0.05) is 33.8 Å². The summed E-state index contributed by atoms with van der Waals surface area (Å²) < 4.78 is 26.2. The zero-order valence-corrected chi connectivity index (χ0v) is 19.7. The summed E-state index contributed by atoms with van der Waals surface area (Å²) in [5.74, 6) is 0.382. The van der Waals surface area contributed by atoms with Crippen molar-refractivity contribution in [3.05, 3.63) is 29.8 Å². The van der Waals surface area contributed by atoms with Crippen LogP contribution in [-0.4, -0.2) is 93.1 Å². The van der Waals surface area contributed by atoms with Crippen molar-refractivity contribution in [3.63, 3.8) is 0 Å². The number of methoxy groups -OCH3 is 1. The minimum atomic E-state index is -0.608. The Balaban J connectivity index is 2.67. The first-order valence-corrected chi connectivity index (χ1v) is 10.4. The molecule has 0 saturated carbocycles. The van der Waals surface area contributed by atoms with Gasteiger partial charge in [0.15, 0.2) is 0 Å². The van der Waals surface area contributed by atoms with Gasteiger partial charge in [-0.15, -0.1) is 0 Å². The molecule has 0 aliphatic carbocycles. The summed E-state index contributed by atoms with van der Waals surface area (Å²) in [6.45, 7) is 6.95. The summed E-state index contributed by atoms with van der Waals surface area (Å²) >= 11 is 0. The molecule has 0 aliphatic heterocycles. The third-order valence-electron chi connectivity index (χ3n) is 4.01. The third-order valence-corrected chi connectivity index (χ3v) is 4.01. The van der Waals surface area contributed by atoms with Gasteiger partial charge in [0.2, 0.25) is 0 Å². The number of amides is 2. The van der Waals surface area contributed by atoms with E-state index in [-0.39, 0.29) is 46.2 Å². The summed E-state index contributed by atoms with van der Waals surface area (Å²) in [7, 11) is 3.15. The molecule has 0 radical (unpaired) electrons. The lowest BCUT2D eigenvalue weighted by Crippen LogP contribution is -2.43. The molecule has 182 valence electrons. The van der Waals surface area contributed by atoms with Crippen molar-refractivity contribution in [1.29, 1.82) is 0 Å². The maximum absolute atomic E-state index is 12.7. The summed E-state index contributed by atoms with van der Waals surface area (Å²) in [4.78, 5) is 27.7. The van der Waals surface area contributed by atoms with Crippen LogP contribution in [0.2, 0.25) is 0 Å². The van der Waals surface area contributed by atoms with Crippen LogP contribution in [0.4, 0.5) is 9.59 Å². The average Bonchev–Trinajstić information content (AvgIpc) is 2.73. The van der Waals surface area contributed by atoms with Gasteiger partial charge in [0.25, 0.3) is 0 Å². The summed E-state index contributed by atoms with van der Waals surface area (Å²) in [5.41, 5.74) is 0.304. The minimum Gasteiger partial charge on any atom is -0.444 e. The zero-order chi connectivity index (χ0) is 24.0. The molecule has 2 amide bonds. The van der Waals surface area contributed by atoms with Crippen LogP contribution in [-0.2, 0) is 25.6 Å². The highest BCUT2D eigenvalue weighted by molar-refractivity contribution is 5.71. The topological polar surface area (TPSA) is 107 Å². The molecule has 10 nitrogen and oxygen atoms in total. The maximum atomic E-state index is 12.7. The van der Waals surface area contributed by atoms with Crippen molar-refractivity contribution in [2.24, 2.45) is 0 Å². The van der Waals surface area contributed by atoms with Crippen molar-refractivity contribution in [1.82, 2.24) is 9.80 Å². The number of aliphatic hydroxyl groups is 1. The Kier molecular flexibility index (Phi) is 12.6. The van der Waals surface area contributed by atoms with E-state index in [2.05, 4.69) is 0 Å². The van der Waals surface area contributed by atoms with Crippen LogP contribution < -0.4 is 4.74 Å². The van der Waals surface area contributed by atoms with Gasteiger partial charge in [-0.3, -0.25) is 0 Å². The molecule has 0 fully saturated rings. The highest BCUT2D eigenvalue weighted by Crippen LogP contribution is 2.15. The molecule has 1 aromatic rings. The van der Waals surface area contributed by atoms with E-state index in [4.69, 9.17) is 28.8 Å². The standard InChI is InChI=1S/C22H36N2O8/c1-22(2,3)32-20(26)23(4)10-11-24(12-14-29-15-13-25)21(27)31-19-8-6-18(7-9-19)16-30-17-28-5/h6-9,25H,10-17H2,1-5H3. The van der Waals surface area contributed by atoms with Crippen LogP contribution >= 0.6 is 0 Å². The molecule has 1 N–H and O–H groups in total. The van der Waals surface area contributed by atoms with E-state index >= 15 is 0 Å². The lowest BCUT2D eigenvalue weighted by Gasteiger charge is -2.27. The molecule has 0 unspecified atom stereocenters. The fourth-order valence-electron chi connectivity index (χ4n) is 2.40. The number of hydrogen-bond donors (Lipinski definition) is 1. The van der Waals surface area contributed by atoms with Gasteiger partial charge in [-0.05, 0) is 38.5 Å². The van der Waals surface area contributed by atoms with Gasteiger partial charge in [-0.1, -0.05) is 12.1 Å². The Labute approximate surface area is 189 Å². The first-order chi connectivity index (χ1) is 15.2. The molecule has 0 heterocycles. The van der Waals surface area contributed by atoms with E-state index in [0.717, 1.165) is 5.56 Å². The lowest BCUT2D eigenvalue weighted by atomic mass is 10.2. The van der Waals surface area contributed by atoms with Crippen molar-refractivity contribution < 1.29 is 38.4 Å². The lowest BCUT2D eigenvalue weighted by molar-refractivity contribution is -0.0390. The molecule has 32 heavy (non-hydrogen) atoms. The van der Waals surface area contributed by atoms with E-state index in [1.54, 1.807) is 59.2 Å². The molecule has 0 spiro atoms. The summed E-state index contributed by atoms with van der Waals surface area (Å²) in [6.07, 6.45) is -1.05. The van der Waals surface area contributed by atoms with E-state index in [1.807, 2.05) is 0 Å². The molecular formula is C22H36N2O8. The van der Waals surface area contributed by atoms with Gasteiger partial charge in [0.05, 0.1) is 26.4 Å². The number of nitrogens with zero attached hydrogens (tertiary/aromatic N) is 2. The van der Waals surface area contributed by atoms with Gasteiger partial charge >= 0.3 is 12.2 Å². The number of carbonyl (C=O) groups excluding carboxylic acids is 2. The number of carbonyl (C=O) groups is 2. The Morgan fingerprint density at radius 1 is 0.969 bits per heavy atom. The second kappa shape index (κ2) is 14.6. The molecule has 0 aliphatic rings. The number of rotatable bonds is 13. The first-order valence-electron chi connectivity index (χ1n) is 10.4. The van der Waals surface area contributed by atoms with Gasteiger partial charge in [-0.25, -0.2) is 9.59 Å². The summed E-state index contributed by atoms with van der Waals surface area (Å²) in [5, 5.41) is 8.85. The largest absolute Gasteiger partial charge is 0.444 e. The molecule has 1 aromatic carbocycles. The van der Waals surface area contributed by atoms with Crippen LogP contribution in [0, 0.1) is 0 Å². The van der Waals surface area contributed by atoms with Crippen molar-refractivity contribution >= 4 is 12.2 Å². The average molecular weight is 457 g/mol. The third kappa shape index (κ3) is 11.8. The zero-order valence-electron chi connectivity index (χ0n) is 19.7. The Bertz CT molecular complexity index is 676. The van der Waals surface area contributed by atoms with E-state index in [9.17, 15) is 9.59 Å². The van der Waals surface area contributed by atoms with Crippen LogP contribution in [0.3, 0.4) is 0 Å². The second-order valence-corrected chi connectivity index (χ2v) is 7.99. The molecule has 0 aromatic heterocycles. The van der Waals surface area contributed by atoms with Crippen LogP contribution in [0.5, 0.6) is 5.75 Å². The second-order valence-electron chi connectivity index (χ2n) is 7.99. The van der Waals surface area contributed by atoms with E-state index < -0.39 is 17.8 Å². The quantitative estimate of drug-likeness (QED) is 0.356. The molecule has 10 heteroatoms. The molecular weight excluding hydrogens is 420 g/mol. The monoisotopic (exact) mass is 456 g/mol. The number of aliphatic hydroxyl groups excluding tert-OH is 1. The first kappa shape index (κ1) is 27.6. The summed E-state index contributed by atoms with van der Waals surface area (Å²) in [6, 6.07) is 6.94. The van der Waals surface area contributed by atoms with E-state index in [0.29, 0.717) is 12.4 Å². The van der Waals surface area contributed by atoms with Crippen molar-refractivity contribution in [2.75, 3.05) is 60.4 Å². The normalized spacial score (nSPS) is 11.2. The molecule has 0 atom stereocenters. The van der Waals surface area contributed by atoms with Crippen LogP contribution in [0.1, 0.15) is 26.3 Å². The molecule has 0 saturated heterocycles. The fourth-order valence-corrected chi connectivity index (χ4v) is 2.40. The van der Waals surface area contributed by atoms with Gasteiger partial charge in [-0.2, -0.15) is 0 Å². The van der Waals surface area contributed by atoms with Crippen LogP contribution in [0.25, 0.3) is 0 Å². The fraction of sp³-hybridized carbons (Fsp3) is 0.636. The Morgan fingerprint density at radius 3 is 2.25 bits per heavy atom. The Hall–Kier alpha value is -2.40. The van der Waals surface area contributed by atoms with E-state index in [1.165, 1.54) is 9.80 Å². The molecule has 1 rings (SSSR count). The van der Waals surface area contributed by atoms with Gasteiger partial charge in [0.1, 0.15) is 18.1 Å². The Morgan fingerprint density at radius 2 is 1.66 bits per heavy atom. The van der Waals surface area contributed by atoms with Crippen molar-refractivity contribution in [3.8, 4) is 5.75 Å².